The Balaban J connectivity index is 2.11. The van der Waals surface area contributed by atoms with Crippen molar-refractivity contribution in [3.05, 3.63) is 28.3 Å². The summed E-state index contributed by atoms with van der Waals surface area (Å²) in [6.07, 6.45) is 5.94. The van der Waals surface area contributed by atoms with Crippen LogP contribution in [0.3, 0.4) is 0 Å². The van der Waals surface area contributed by atoms with Crippen LogP contribution in [0.2, 0.25) is 0 Å². The fourth-order valence-corrected chi connectivity index (χ4v) is 3.20. The lowest BCUT2D eigenvalue weighted by Gasteiger charge is -2.13. The molecule has 5 nitrogen and oxygen atoms in total. The fraction of sp³-hybridized carbons (Fsp3) is 0.500. The number of nitrogens with zero attached hydrogens (tertiary/aromatic N) is 1. The van der Waals surface area contributed by atoms with E-state index in [1.54, 1.807) is 20.3 Å². The maximum atomic E-state index is 11.8. The van der Waals surface area contributed by atoms with Gasteiger partial charge in [-0.2, -0.15) is 4.98 Å². The van der Waals surface area contributed by atoms with Crippen molar-refractivity contribution in [1.29, 1.82) is 0 Å². The summed E-state index contributed by atoms with van der Waals surface area (Å²) in [5, 5.41) is 0.944. The normalized spacial score (nSPS) is 15.5. The summed E-state index contributed by atoms with van der Waals surface area (Å²) >= 11 is 0. The van der Waals surface area contributed by atoms with Crippen LogP contribution in [0.1, 0.15) is 31.4 Å². The largest absolute Gasteiger partial charge is 0.493 e. The first-order valence-corrected chi connectivity index (χ1v) is 7.36. The molecule has 2 aromatic rings. The summed E-state index contributed by atoms with van der Waals surface area (Å²) < 4.78 is 10.6. The minimum Gasteiger partial charge on any atom is -0.493 e. The van der Waals surface area contributed by atoms with Crippen LogP contribution in [0.5, 0.6) is 11.5 Å². The van der Waals surface area contributed by atoms with Crippen molar-refractivity contribution < 1.29 is 9.47 Å². The van der Waals surface area contributed by atoms with E-state index in [0.29, 0.717) is 22.9 Å². The molecule has 0 spiro atoms. The van der Waals surface area contributed by atoms with Crippen LogP contribution >= 0.6 is 0 Å². The van der Waals surface area contributed by atoms with Crippen molar-refractivity contribution >= 4 is 10.9 Å². The molecule has 0 amide bonds. The van der Waals surface area contributed by atoms with E-state index in [0.717, 1.165) is 17.5 Å². The number of ether oxygens (including phenoxy) is 2. The quantitative estimate of drug-likeness (QED) is 0.939. The van der Waals surface area contributed by atoms with Gasteiger partial charge in [-0.3, -0.25) is 0 Å². The third-order valence-corrected chi connectivity index (χ3v) is 4.27. The lowest BCUT2D eigenvalue weighted by atomic mass is 9.99. The van der Waals surface area contributed by atoms with Crippen molar-refractivity contribution in [3.8, 4) is 11.5 Å². The zero-order chi connectivity index (χ0) is 14.8. The summed E-state index contributed by atoms with van der Waals surface area (Å²) in [7, 11) is 3.19. The second-order valence-corrected chi connectivity index (χ2v) is 5.60. The maximum Gasteiger partial charge on any atom is 0.345 e. The zero-order valence-corrected chi connectivity index (χ0v) is 12.4. The first-order valence-electron chi connectivity index (χ1n) is 7.36. The molecule has 0 aliphatic heterocycles. The number of nitrogens with one attached hydrogen (secondary N) is 1. The maximum absolute atomic E-state index is 11.8. The molecular formula is C16H20N2O3. The van der Waals surface area contributed by atoms with Gasteiger partial charge in [-0.05, 0) is 18.4 Å². The minimum absolute atomic E-state index is 0.303. The summed E-state index contributed by atoms with van der Waals surface area (Å²) in [6.45, 7) is 0. The van der Waals surface area contributed by atoms with Gasteiger partial charge in [0.15, 0.2) is 11.5 Å². The predicted molar refractivity (Wildman–Crippen MR) is 81.1 cm³/mol. The van der Waals surface area contributed by atoms with Gasteiger partial charge in [0.1, 0.15) is 0 Å². The van der Waals surface area contributed by atoms with Gasteiger partial charge in [0.2, 0.25) is 0 Å². The predicted octanol–water partition coefficient (Wildman–Crippen LogP) is 2.67. The molecule has 1 N–H and O–H groups in total. The molecule has 0 saturated heterocycles. The first-order chi connectivity index (χ1) is 10.2. The van der Waals surface area contributed by atoms with E-state index < -0.39 is 0 Å². The van der Waals surface area contributed by atoms with Gasteiger partial charge in [0, 0.05) is 17.1 Å². The molecule has 0 radical (unpaired) electrons. The molecule has 1 heterocycles. The molecule has 0 atom stereocenters. The highest BCUT2D eigenvalue weighted by Gasteiger charge is 2.18. The molecule has 1 aromatic heterocycles. The van der Waals surface area contributed by atoms with Gasteiger partial charge in [0.25, 0.3) is 0 Å². The van der Waals surface area contributed by atoms with Crippen molar-refractivity contribution in [1.82, 2.24) is 9.97 Å². The van der Waals surface area contributed by atoms with E-state index >= 15 is 0 Å². The monoisotopic (exact) mass is 288 g/mol. The summed E-state index contributed by atoms with van der Waals surface area (Å²) in [5.41, 5.74) is 1.31. The highest BCUT2D eigenvalue weighted by atomic mass is 16.5. The van der Waals surface area contributed by atoms with Crippen molar-refractivity contribution in [2.75, 3.05) is 14.2 Å². The number of benzene rings is 1. The third kappa shape index (κ3) is 2.73. The molecule has 21 heavy (non-hydrogen) atoms. The Morgan fingerprint density at radius 2 is 1.86 bits per heavy atom. The van der Waals surface area contributed by atoms with Gasteiger partial charge in [0.05, 0.1) is 19.7 Å². The van der Waals surface area contributed by atoms with Crippen LogP contribution in [0.15, 0.2) is 16.9 Å². The summed E-state index contributed by atoms with van der Waals surface area (Å²) in [6, 6.07) is 3.67. The molecule has 1 aromatic carbocycles. The van der Waals surface area contributed by atoms with Gasteiger partial charge in [-0.15, -0.1) is 0 Å². The summed E-state index contributed by atoms with van der Waals surface area (Å²) in [5.74, 6) is 1.90. The molecule has 1 fully saturated rings. The molecule has 112 valence electrons. The molecule has 0 bridgehead atoms. The van der Waals surface area contributed by atoms with Crippen LogP contribution in [-0.2, 0) is 6.42 Å². The van der Waals surface area contributed by atoms with Crippen LogP contribution in [0, 0.1) is 5.92 Å². The average Bonchev–Trinajstić information content (AvgIpc) is 2.98. The lowest BCUT2D eigenvalue weighted by molar-refractivity contribution is 0.355. The fourth-order valence-electron chi connectivity index (χ4n) is 3.20. The Hall–Kier alpha value is -2.04. The Labute approximate surface area is 123 Å². The average molecular weight is 288 g/mol. The smallest absolute Gasteiger partial charge is 0.345 e. The molecule has 1 aliphatic carbocycles. The van der Waals surface area contributed by atoms with Gasteiger partial charge >= 0.3 is 5.69 Å². The molecule has 0 unspecified atom stereocenters. The number of methoxy groups -OCH3 is 2. The first kappa shape index (κ1) is 13.9. The second kappa shape index (κ2) is 5.76. The zero-order valence-electron chi connectivity index (χ0n) is 12.4. The van der Waals surface area contributed by atoms with E-state index in [-0.39, 0.29) is 5.69 Å². The van der Waals surface area contributed by atoms with Gasteiger partial charge in [-0.25, -0.2) is 4.79 Å². The summed E-state index contributed by atoms with van der Waals surface area (Å²) in [4.78, 5) is 18.7. The van der Waals surface area contributed by atoms with E-state index in [9.17, 15) is 4.79 Å². The second-order valence-electron chi connectivity index (χ2n) is 5.60. The number of fused-ring (bicyclic) bond motifs is 1. The van der Waals surface area contributed by atoms with Crippen molar-refractivity contribution in [3.63, 3.8) is 0 Å². The SMILES string of the molecule is COc1cc2nc(=O)[nH]c(CC3CCCC3)c2cc1OC. The van der Waals surface area contributed by atoms with Gasteiger partial charge < -0.3 is 14.5 Å². The van der Waals surface area contributed by atoms with E-state index in [1.807, 2.05) is 6.07 Å². The Kier molecular flexibility index (Phi) is 3.82. The van der Waals surface area contributed by atoms with Gasteiger partial charge in [-0.1, -0.05) is 25.7 Å². The van der Waals surface area contributed by atoms with Crippen LogP contribution in [0.4, 0.5) is 0 Å². The lowest BCUT2D eigenvalue weighted by Crippen LogP contribution is -2.15. The Morgan fingerprint density at radius 3 is 2.52 bits per heavy atom. The van der Waals surface area contributed by atoms with Crippen molar-refractivity contribution in [2.24, 2.45) is 5.92 Å². The number of aromatic amines is 1. The standard InChI is InChI=1S/C16H20N2O3/c1-20-14-8-11-12(7-10-5-3-4-6-10)17-16(19)18-13(11)9-15(14)21-2/h8-10H,3-7H2,1-2H3,(H,17,18,19). The van der Waals surface area contributed by atoms with Crippen molar-refractivity contribution in [2.45, 2.75) is 32.1 Å². The number of hydrogen-bond acceptors (Lipinski definition) is 4. The molecule has 1 saturated carbocycles. The number of hydrogen-bond donors (Lipinski definition) is 1. The van der Waals surface area contributed by atoms with E-state index in [2.05, 4.69) is 9.97 Å². The number of rotatable bonds is 4. The number of aromatic nitrogens is 2. The number of H-pyrrole nitrogens is 1. The molecular weight excluding hydrogens is 268 g/mol. The molecule has 5 heteroatoms. The Morgan fingerprint density at radius 1 is 1.19 bits per heavy atom. The topological polar surface area (TPSA) is 64.2 Å². The van der Waals surface area contributed by atoms with Crippen LogP contribution in [-0.4, -0.2) is 24.2 Å². The van der Waals surface area contributed by atoms with Crippen LogP contribution < -0.4 is 15.2 Å². The third-order valence-electron chi connectivity index (χ3n) is 4.27. The van der Waals surface area contributed by atoms with Crippen LogP contribution in [0.25, 0.3) is 10.9 Å². The highest BCUT2D eigenvalue weighted by Crippen LogP contribution is 2.34. The van der Waals surface area contributed by atoms with E-state index in [1.165, 1.54) is 25.7 Å². The van der Waals surface area contributed by atoms with E-state index in [4.69, 9.17) is 9.47 Å². The highest BCUT2D eigenvalue weighted by molar-refractivity contribution is 5.84. The minimum atomic E-state index is -0.303. The molecule has 1 aliphatic rings. The Bertz CT molecular complexity index is 702. The molecule has 3 rings (SSSR count).